The van der Waals surface area contributed by atoms with E-state index in [2.05, 4.69) is 5.32 Å². The van der Waals surface area contributed by atoms with Gasteiger partial charge in [-0.25, -0.2) is 14.2 Å². The number of nitrogens with one attached hydrogen (secondary N) is 1. The summed E-state index contributed by atoms with van der Waals surface area (Å²) < 4.78 is 13.6. The van der Waals surface area contributed by atoms with Crippen LogP contribution in [0.1, 0.15) is 30.5 Å². The molecule has 2 aliphatic rings. The van der Waals surface area contributed by atoms with Crippen molar-refractivity contribution < 1.29 is 18.8 Å². The zero-order chi connectivity index (χ0) is 30.1. The summed E-state index contributed by atoms with van der Waals surface area (Å²) in [6, 6.07) is 25.4. The maximum absolute atomic E-state index is 13.9. The lowest BCUT2D eigenvalue weighted by Gasteiger charge is -2.54. The number of hydrazine groups is 1. The number of benzene rings is 3. The van der Waals surface area contributed by atoms with E-state index in [1.165, 1.54) is 27.1 Å². The Balaban J connectivity index is 0.00000198. The zero-order valence-corrected chi connectivity index (χ0v) is 23.8. The highest BCUT2D eigenvalue weighted by Crippen LogP contribution is 2.29. The molecule has 2 atom stereocenters. The number of piperazine rings is 1. The van der Waals surface area contributed by atoms with Crippen molar-refractivity contribution in [2.75, 3.05) is 19.6 Å². The molecule has 0 spiro atoms. The number of hydrogen-bond acceptors (Lipinski definition) is 5. The molecule has 218 valence electrons. The summed E-state index contributed by atoms with van der Waals surface area (Å²) in [7, 11) is 0. The first-order chi connectivity index (χ1) is 20.4. The van der Waals surface area contributed by atoms with Gasteiger partial charge in [-0.05, 0) is 28.8 Å². The minimum atomic E-state index is -0.859. The highest BCUT2D eigenvalue weighted by Gasteiger charge is 2.51. The van der Waals surface area contributed by atoms with Crippen molar-refractivity contribution in [2.24, 2.45) is 0 Å². The van der Waals surface area contributed by atoms with E-state index in [0.29, 0.717) is 0 Å². The summed E-state index contributed by atoms with van der Waals surface area (Å²) in [6.45, 7) is 4.08. The molecule has 2 saturated heterocycles. The number of urea groups is 1. The Morgan fingerprint density at radius 3 is 2.17 bits per heavy atom. The largest absolute Gasteiger partial charge is 0.334 e. The van der Waals surface area contributed by atoms with Crippen LogP contribution >= 0.6 is 0 Å². The zero-order valence-electron chi connectivity index (χ0n) is 23.8. The molecule has 3 aromatic carbocycles. The first-order valence-electron chi connectivity index (χ1n) is 14.1. The maximum atomic E-state index is 13.9. The van der Waals surface area contributed by atoms with Crippen LogP contribution in [0, 0.1) is 17.1 Å². The number of nitrogens with zero attached hydrogens (tertiary/aromatic N) is 5. The number of rotatable bonds is 7. The van der Waals surface area contributed by atoms with Crippen LogP contribution in [0.15, 0.2) is 84.9 Å². The molecule has 0 saturated carbocycles. The Kier molecular flexibility index (Phi) is 10.2. The normalized spacial score (nSPS) is 18.5. The van der Waals surface area contributed by atoms with Gasteiger partial charge in [0, 0.05) is 19.5 Å². The summed E-state index contributed by atoms with van der Waals surface area (Å²) in [5.74, 6) is -0.965. The van der Waals surface area contributed by atoms with Gasteiger partial charge in [-0.1, -0.05) is 86.6 Å². The molecule has 10 heteroatoms. The smallest absolute Gasteiger partial charge is 0.333 e. The predicted molar refractivity (Wildman–Crippen MR) is 155 cm³/mol. The molecule has 0 aliphatic carbocycles. The highest BCUT2D eigenvalue weighted by molar-refractivity contribution is 5.91. The van der Waals surface area contributed by atoms with Gasteiger partial charge >= 0.3 is 6.03 Å². The van der Waals surface area contributed by atoms with Crippen LogP contribution in [-0.2, 0) is 29.1 Å². The monoisotopic (exact) mass is 570 g/mol. The molecule has 2 fully saturated rings. The van der Waals surface area contributed by atoms with E-state index < -0.39 is 18.2 Å². The summed E-state index contributed by atoms with van der Waals surface area (Å²) in [5.41, 5.74) is 2.49. The molecule has 2 heterocycles. The molecule has 5 rings (SSSR count). The minimum Gasteiger partial charge on any atom is -0.333 e. The molecular weight excluding hydrogens is 535 g/mol. The van der Waals surface area contributed by atoms with Gasteiger partial charge in [0.05, 0.1) is 19.2 Å². The molecule has 0 bridgehead atoms. The van der Waals surface area contributed by atoms with E-state index in [0.717, 1.165) is 16.7 Å². The second kappa shape index (κ2) is 14.2. The lowest BCUT2D eigenvalue weighted by Crippen LogP contribution is -2.76. The molecule has 1 N–H and O–H groups in total. The van der Waals surface area contributed by atoms with Gasteiger partial charge in [0.15, 0.2) is 0 Å². The molecule has 4 amide bonds. The molecule has 9 nitrogen and oxygen atoms in total. The van der Waals surface area contributed by atoms with Gasteiger partial charge in [0.1, 0.15) is 24.6 Å². The molecule has 42 heavy (non-hydrogen) atoms. The van der Waals surface area contributed by atoms with E-state index in [9.17, 15) is 24.0 Å². The third-order valence-corrected chi connectivity index (χ3v) is 7.14. The lowest BCUT2D eigenvalue weighted by molar-refractivity contribution is -0.189. The summed E-state index contributed by atoms with van der Waals surface area (Å²) in [4.78, 5) is 44.1. The SMILES string of the molecule is CC.N#CCN1CC(=O)N2C(CN(Cc3ccc(F)cc3)C(=O)[C@@H]2Cc2ccccc2)N1C(=O)NCc1ccccc1. The number of carbonyl (C=O) groups excluding carboxylic acids is 3. The minimum absolute atomic E-state index is 0.0356. The van der Waals surface area contributed by atoms with E-state index in [1.807, 2.05) is 80.6 Å². The Morgan fingerprint density at radius 1 is 0.929 bits per heavy atom. The van der Waals surface area contributed by atoms with Crippen LogP contribution in [0.5, 0.6) is 0 Å². The Bertz CT molecular complexity index is 1400. The van der Waals surface area contributed by atoms with E-state index in [1.54, 1.807) is 17.0 Å². The number of hydrogen-bond donors (Lipinski definition) is 1. The average molecular weight is 571 g/mol. The van der Waals surface area contributed by atoms with Crippen LogP contribution in [0.2, 0.25) is 0 Å². The van der Waals surface area contributed by atoms with Gasteiger partial charge in [0.25, 0.3) is 0 Å². The van der Waals surface area contributed by atoms with E-state index >= 15 is 0 Å². The average Bonchev–Trinajstić information content (AvgIpc) is 3.01. The third kappa shape index (κ3) is 6.93. The van der Waals surface area contributed by atoms with Crippen LogP contribution in [0.3, 0.4) is 0 Å². The number of fused-ring (bicyclic) bond motifs is 1. The van der Waals surface area contributed by atoms with Crippen molar-refractivity contribution in [1.29, 1.82) is 5.26 Å². The summed E-state index contributed by atoms with van der Waals surface area (Å²) >= 11 is 0. The standard InChI is InChI=1S/C30H29FN6O3.C2H6/c31-25-13-11-24(12-14-25)19-34-20-27-36(26(29(34)39)17-22-7-3-1-4-8-22)28(38)21-35(16-15-32)37(27)30(40)33-18-23-9-5-2-6-10-23;1-2/h1-14,26-27H,16-21H2,(H,33,40);1-2H3/t26-,27?;/m0./s1. The van der Waals surface area contributed by atoms with E-state index in [-0.39, 0.29) is 56.8 Å². The van der Waals surface area contributed by atoms with Gasteiger partial charge in [-0.3, -0.25) is 9.59 Å². The number of carbonyl (C=O) groups is 3. The van der Waals surface area contributed by atoms with Crippen LogP contribution in [-0.4, -0.2) is 69.5 Å². The Hall–Kier alpha value is -4.75. The number of halogens is 1. The number of amides is 4. The maximum Gasteiger partial charge on any atom is 0.334 e. The van der Waals surface area contributed by atoms with Crippen molar-refractivity contribution >= 4 is 17.8 Å². The second-order valence-corrected chi connectivity index (χ2v) is 9.80. The predicted octanol–water partition coefficient (Wildman–Crippen LogP) is 3.93. The molecule has 2 aliphatic heterocycles. The first kappa shape index (κ1) is 30.2. The summed E-state index contributed by atoms with van der Waals surface area (Å²) in [5, 5.41) is 15.2. The fraction of sp³-hybridized carbons (Fsp3) is 0.312. The van der Waals surface area contributed by atoms with Crippen molar-refractivity contribution in [1.82, 2.24) is 25.1 Å². The van der Waals surface area contributed by atoms with Crippen molar-refractivity contribution in [3.8, 4) is 6.07 Å². The molecule has 0 radical (unpaired) electrons. The molecular formula is C32H35FN6O3. The lowest BCUT2D eigenvalue weighted by atomic mass is 9.98. The van der Waals surface area contributed by atoms with Crippen molar-refractivity contribution in [3.63, 3.8) is 0 Å². The van der Waals surface area contributed by atoms with Gasteiger partial charge in [-0.2, -0.15) is 10.3 Å². The Morgan fingerprint density at radius 2 is 1.55 bits per heavy atom. The fourth-order valence-electron chi connectivity index (χ4n) is 5.26. The topological polar surface area (TPSA) is 100.0 Å². The van der Waals surface area contributed by atoms with Gasteiger partial charge in [0.2, 0.25) is 11.8 Å². The second-order valence-electron chi connectivity index (χ2n) is 9.80. The van der Waals surface area contributed by atoms with Crippen LogP contribution in [0.25, 0.3) is 0 Å². The Labute approximate surface area is 245 Å². The van der Waals surface area contributed by atoms with E-state index in [4.69, 9.17) is 0 Å². The fourth-order valence-corrected chi connectivity index (χ4v) is 5.26. The van der Waals surface area contributed by atoms with Crippen molar-refractivity contribution in [3.05, 3.63) is 107 Å². The van der Waals surface area contributed by atoms with Crippen LogP contribution in [0.4, 0.5) is 9.18 Å². The molecule has 1 unspecified atom stereocenters. The van der Waals surface area contributed by atoms with Gasteiger partial charge < -0.3 is 15.1 Å². The summed E-state index contributed by atoms with van der Waals surface area (Å²) in [6.07, 6.45) is -0.572. The highest BCUT2D eigenvalue weighted by atomic mass is 19.1. The van der Waals surface area contributed by atoms with Gasteiger partial charge in [-0.15, -0.1) is 0 Å². The molecule has 0 aromatic heterocycles. The first-order valence-corrected chi connectivity index (χ1v) is 14.1. The molecule has 3 aromatic rings. The van der Waals surface area contributed by atoms with Crippen LogP contribution < -0.4 is 5.32 Å². The number of nitriles is 1. The quantitative estimate of drug-likeness (QED) is 0.434. The third-order valence-electron chi connectivity index (χ3n) is 7.14. The van der Waals surface area contributed by atoms with Crippen molar-refractivity contribution in [2.45, 2.75) is 45.6 Å².